The van der Waals surface area contributed by atoms with Gasteiger partial charge in [-0.2, -0.15) is 13.5 Å². The van der Waals surface area contributed by atoms with E-state index in [2.05, 4.69) is 37.6 Å². The first kappa shape index (κ1) is 19.9. The molecule has 0 amide bonds. The molecule has 2 N–H and O–H groups in total. The first-order valence-electron chi connectivity index (χ1n) is 10.3. The van der Waals surface area contributed by atoms with Crippen LogP contribution in [-0.4, -0.2) is 25.3 Å². The van der Waals surface area contributed by atoms with Crippen LogP contribution in [0.25, 0.3) is 0 Å². The Kier molecular flexibility index (Phi) is 4.30. The molecule has 3 aliphatic rings. The summed E-state index contributed by atoms with van der Waals surface area (Å²) in [6.45, 7) is 10.6. The van der Waals surface area contributed by atoms with Crippen LogP contribution < -0.4 is 4.83 Å². The third-order valence-electron chi connectivity index (χ3n) is 7.98. The molecule has 1 aromatic carbocycles. The van der Waals surface area contributed by atoms with Crippen molar-refractivity contribution >= 4 is 15.7 Å². The molecule has 154 valence electrons. The van der Waals surface area contributed by atoms with Gasteiger partial charge in [0, 0.05) is 22.5 Å². The number of aliphatic hydroxyl groups is 1. The third kappa shape index (κ3) is 2.67. The van der Waals surface area contributed by atoms with Crippen molar-refractivity contribution in [2.75, 3.05) is 0 Å². The normalized spacial score (nSPS) is 40.5. The fourth-order valence-corrected chi connectivity index (χ4v) is 7.28. The number of hydrogen-bond acceptors (Lipinski definition) is 4. The zero-order chi connectivity index (χ0) is 20.5. The molecule has 0 saturated heterocycles. The highest BCUT2D eigenvalue weighted by molar-refractivity contribution is 7.89. The van der Waals surface area contributed by atoms with Crippen LogP contribution >= 0.6 is 0 Å². The van der Waals surface area contributed by atoms with Gasteiger partial charge < -0.3 is 5.11 Å². The first-order valence-corrected chi connectivity index (χ1v) is 11.7. The van der Waals surface area contributed by atoms with Gasteiger partial charge in [-0.05, 0) is 49.7 Å². The van der Waals surface area contributed by atoms with Crippen LogP contribution in [0.3, 0.4) is 0 Å². The van der Waals surface area contributed by atoms with Crippen LogP contribution in [-0.2, 0) is 10.0 Å². The average Bonchev–Trinajstić information content (AvgIpc) is 2.92. The van der Waals surface area contributed by atoms with Crippen LogP contribution in [0, 0.1) is 35.0 Å². The van der Waals surface area contributed by atoms with Crippen molar-refractivity contribution in [1.82, 2.24) is 4.83 Å². The van der Waals surface area contributed by atoms with Crippen LogP contribution in [0.2, 0.25) is 0 Å². The predicted molar refractivity (Wildman–Crippen MR) is 110 cm³/mol. The van der Waals surface area contributed by atoms with E-state index in [1.165, 1.54) is 0 Å². The summed E-state index contributed by atoms with van der Waals surface area (Å²) in [5, 5.41) is 15.7. The summed E-state index contributed by atoms with van der Waals surface area (Å²) in [5.41, 5.74) is 1.38. The highest BCUT2D eigenvalue weighted by atomic mass is 32.2. The Morgan fingerprint density at radius 3 is 2.32 bits per heavy atom. The second-order valence-corrected chi connectivity index (χ2v) is 12.0. The average molecular weight is 405 g/mol. The Morgan fingerprint density at radius 1 is 1.07 bits per heavy atom. The van der Waals surface area contributed by atoms with Gasteiger partial charge in [-0.3, -0.25) is 0 Å². The Balaban J connectivity index is 1.71. The van der Waals surface area contributed by atoms with Crippen molar-refractivity contribution in [2.45, 2.75) is 71.3 Å². The molecule has 3 fully saturated rings. The van der Waals surface area contributed by atoms with E-state index >= 15 is 0 Å². The number of rotatable bonds is 3. The number of nitrogens with one attached hydrogen (secondary N) is 1. The Bertz CT molecular complexity index is 922. The molecule has 3 saturated carbocycles. The molecule has 5 atom stereocenters. The number of aryl methyl sites for hydroxylation is 1. The maximum atomic E-state index is 12.8. The highest BCUT2D eigenvalue weighted by Crippen LogP contribution is 2.70. The minimum Gasteiger partial charge on any atom is -0.392 e. The maximum absolute atomic E-state index is 12.8. The summed E-state index contributed by atoms with van der Waals surface area (Å²) >= 11 is 0. The van der Waals surface area contributed by atoms with E-state index in [0.29, 0.717) is 5.92 Å². The van der Waals surface area contributed by atoms with Crippen LogP contribution in [0.1, 0.15) is 58.9 Å². The van der Waals surface area contributed by atoms with E-state index < -0.39 is 10.0 Å². The number of benzene rings is 1. The lowest BCUT2D eigenvalue weighted by molar-refractivity contribution is -0.0578. The molecule has 4 rings (SSSR count). The van der Waals surface area contributed by atoms with Crippen molar-refractivity contribution in [3.05, 3.63) is 29.8 Å². The molecule has 2 bridgehead atoms. The number of hydrogen-bond donors (Lipinski definition) is 2. The zero-order valence-corrected chi connectivity index (χ0v) is 18.3. The fourth-order valence-electron chi connectivity index (χ4n) is 6.46. The largest absolute Gasteiger partial charge is 0.392 e. The van der Waals surface area contributed by atoms with Crippen molar-refractivity contribution < 1.29 is 13.5 Å². The Labute approximate surface area is 168 Å². The lowest BCUT2D eigenvalue weighted by atomic mass is 9.63. The summed E-state index contributed by atoms with van der Waals surface area (Å²) in [5.74, 6) is 0.457. The molecule has 0 spiro atoms. The lowest BCUT2D eigenvalue weighted by Crippen LogP contribution is -2.46. The van der Waals surface area contributed by atoms with Gasteiger partial charge in [0.15, 0.2) is 0 Å². The molecule has 0 aromatic heterocycles. The van der Waals surface area contributed by atoms with Gasteiger partial charge in [-0.15, -0.1) is 0 Å². The van der Waals surface area contributed by atoms with Gasteiger partial charge >= 0.3 is 0 Å². The van der Waals surface area contributed by atoms with Gasteiger partial charge in [0.25, 0.3) is 10.0 Å². The molecule has 0 aliphatic heterocycles. The Hall–Kier alpha value is -1.40. The number of aliphatic hydroxyl groups excluding tert-OH is 1. The molecule has 6 heteroatoms. The smallest absolute Gasteiger partial charge is 0.276 e. The molecule has 0 radical (unpaired) electrons. The van der Waals surface area contributed by atoms with Crippen molar-refractivity contribution in [3.8, 4) is 0 Å². The monoisotopic (exact) mass is 404 g/mol. The van der Waals surface area contributed by atoms with Crippen molar-refractivity contribution in [2.24, 2.45) is 33.2 Å². The third-order valence-corrected chi connectivity index (χ3v) is 9.20. The second-order valence-electron chi connectivity index (χ2n) is 10.3. The summed E-state index contributed by atoms with van der Waals surface area (Å²) in [6, 6.07) is 6.79. The second kappa shape index (κ2) is 6.05. The molecular formula is C22H32N2O3S. The summed E-state index contributed by atoms with van der Waals surface area (Å²) < 4.78 is 25.5. The molecule has 1 aromatic rings. The molecular weight excluding hydrogens is 372 g/mol. The standard InChI is InChI=1S/C22H32N2O3S/c1-14-7-9-15(10-8-14)28(26,27)24-23-18-17-16(13-20(18,2)3)21(4)11-6-12-22(17,5)19(21)25/h7-10,16-17,19,24-25H,6,11-13H2,1-5H3/b23-18-. The molecule has 3 aliphatic carbocycles. The number of fused-ring (bicyclic) bond motifs is 5. The van der Waals surface area contributed by atoms with Crippen LogP contribution in [0.4, 0.5) is 0 Å². The SMILES string of the molecule is Cc1ccc(S(=O)(=O)N/N=C2/C3C(CC2(C)C)C2(C)CCCC3(C)C2O)cc1. The molecule has 28 heavy (non-hydrogen) atoms. The van der Waals surface area contributed by atoms with Crippen molar-refractivity contribution in [3.63, 3.8) is 0 Å². The maximum Gasteiger partial charge on any atom is 0.276 e. The zero-order valence-electron chi connectivity index (χ0n) is 17.5. The summed E-state index contributed by atoms with van der Waals surface area (Å²) in [7, 11) is -3.71. The minimum absolute atomic E-state index is 0.109. The number of sulfonamides is 1. The van der Waals surface area contributed by atoms with Gasteiger partial charge in [0.1, 0.15) is 0 Å². The van der Waals surface area contributed by atoms with E-state index in [9.17, 15) is 13.5 Å². The van der Waals surface area contributed by atoms with Gasteiger partial charge in [0.05, 0.1) is 11.0 Å². The van der Waals surface area contributed by atoms with Crippen LogP contribution in [0.5, 0.6) is 0 Å². The van der Waals surface area contributed by atoms with Gasteiger partial charge in [-0.25, -0.2) is 4.83 Å². The fraction of sp³-hybridized carbons (Fsp3) is 0.682. The Morgan fingerprint density at radius 2 is 1.68 bits per heavy atom. The molecule has 5 unspecified atom stereocenters. The predicted octanol–water partition coefficient (Wildman–Crippen LogP) is 3.86. The topological polar surface area (TPSA) is 78.8 Å². The van der Waals surface area contributed by atoms with E-state index in [1.54, 1.807) is 24.3 Å². The van der Waals surface area contributed by atoms with Gasteiger partial charge in [0.2, 0.25) is 0 Å². The van der Waals surface area contributed by atoms with E-state index in [4.69, 9.17) is 0 Å². The van der Waals surface area contributed by atoms with E-state index in [1.807, 2.05) is 6.92 Å². The summed E-state index contributed by atoms with van der Waals surface area (Å²) in [6.07, 6.45) is 3.68. The summed E-state index contributed by atoms with van der Waals surface area (Å²) in [4.78, 5) is 2.73. The van der Waals surface area contributed by atoms with Crippen molar-refractivity contribution in [1.29, 1.82) is 0 Å². The van der Waals surface area contributed by atoms with E-state index in [-0.39, 0.29) is 33.2 Å². The number of nitrogens with zero attached hydrogens (tertiary/aromatic N) is 1. The van der Waals surface area contributed by atoms with E-state index in [0.717, 1.165) is 37.0 Å². The molecule has 5 nitrogen and oxygen atoms in total. The van der Waals surface area contributed by atoms with Gasteiger partial charge in [-0.1, -0.05) is 51.8 Å². The first-order chi connectivity index (χ1) is 12.9. The van der Waals surface area contributed by atoms with Crippen LogP contribution in [0.15, 0.2) is 34.3 Å². The quantitative estimate of drug-likeness (QED) is 0.751. The minimum atomic E-state index is -3.71. The molecule has 0 heterocycles. The lowest BCUT2D eigenvalue weighted by Gasteiger charge is -2.44. The highest BCUT2D eigenvalue weighted by Gasteiger charge is 2.70. The number of hydrazone groups is 1.